The van der Waals surface area contributed by atoms with Crippen molar-refractivity contribution in [1.29, 1.82) is 0 Å². The summed E-state index contributed by atoms with van der Waals surface area (Å²) in [5, 5.41) is 4.69. The normalized spacial score (nSPS) is 15.8. The lowest BCUT2D eigenvalue weighted by atomic mass is 10.1. The Balaban J connectivity index is 2.32. The number of thiocarbonyl (C=S) groups is 1. The number of carbonyl (C=O) groups is 2. The topological polar surface area (TPSA) is 71.3 Å². The number of carbonyl (C=O) groups excluding carboxylic acids is 2. The van der Waals surface area contributed by atoms with Gasteiger partial charge in [-0.05, 0) is 37.4 Å². The molecule has 16 heavy (non-hydrogen) atoms. The van der Waals surface area contributed by atoms with Crippen molar-refractivity contribution in [2.24, 2.45) is 0 Å². The van der Waals surface area contributed by atoms with Gasteiger partial charge in [0.25, 0.3) is 11.8 Å². The molecule has 0 aliphatic carbocycles. The van der Waals surface area contributed by atoms with Crippen LogP contribution >= 0.6 is 12.2 Å². The first kappa shape index (κ1) is 10.6. The number of furan rings is 1. The maximum atomic E-state index is 11.5. The molecule has 1 saturated heterocycles. The molecule has 2 rings (SSSR count). The van der Waals surface area contributed by atoms with Crippen LogP contribution in [0.1, 0.15) is 11.5 Å². The molecule has 2 N–H and O–H groups in total. The van der Waals surface area contributed by atoms with Crippen LogP contribution in [0.5, 0.6) is 0 Å². The summed E-state index contributed by atoms with van der Waals surface area (Å²) in [6, 6.07) is 3.42. The quantitative estimate of drug-likeness (QED) is 0.423. The highest BCUT2D eigenvalue weighted by Crippen LogP contribution is 2.12. The van der Waals surface area contributed by atoms with Crippen LogP contribution in [0.15, 0.2) is 22.1 Å². The summed E-state index contributed by atoms with van der Waals surface area (Å²) in [5.74, 6) is 0.107. The molecule has 0 aromatic carbocycles. The molecule has 1 aliphatic heterocycles. The van der Waals surface area contributed by atoms with Crippen molar-refractivity contribution < 1.29 is 14.0 Å². The van der Waals surface area contributed by atoms with E-state index in [9.17, 15) is 9.59 Å². The van der Waals surface area contributed by atoms with Crippen molar-refractivity contribution in [2.45, 2.75) is 6.92 Å². The fourth-order valence-electron chi connectivity index (χ4n) is 1.28. The Morgan fingerprint density at radius 1 is 1.25 bits per heavy atom. The van der Waals surface area contributed by atoms with Gasteiger partial charge in [0.05, 0.1) is 0 Å². The highest BCUT2D eigenvalue weighted by molar-refractivity contribution is 7.80. The van der Waals surface area contributed by atoms with Crippen LogP contribution < -0.4 is 10.6 Å². The predicted octanol–water partition coefficient (Wildman–Crippen LogP) is 0.502. The van der Waals surface area contributed by atoms with Gasteiger partial charge < -0.3 is 4.42 Å². The van der Waals surface area contributed by atoms with Crippen molar-refractivity contribution in [1.82, 2.24) is 10.6 Å². The molecule has 1 aromatic rings. The zero-order valence-electron chi connectivity index (χ0n) is 8.37. The average molecular weight is 236 g/mol. The fourth-order valence-corrected chi connectivity index (χ4v) is 1.47. The SMILES string of the molecule is Cc1ccc(C=C2C(=O)NC(=S)NC2=O)o1. The number of nitrogens with one attached hydrogen (secondary N) is 2. The summed E-state index contributed by atoms with van der Waals surface area (Å²) in [7, 11) is 0. The van der Waals surface area contributed by atoms with Gasteiger partial charge in [0, 0.05) is 0 Å². The minimum absolute atomic E-state index is 0.0165. The Bertz CT molecular complexity index is 494. The van der Waals surface area contributed by atoms with E-state index in [4.69, 9.17) is 4.42 Å². The van der Waals surface area contributed by atoms with Gasteiger partial charge in [-0.25, -0.2) is 0 Å². The van der Waals surface area contributed by atoms with Crippen molar-refractivity contribution in [2.75, 3.05) is 0 Å². The first-order chi connectivity index (χ1) is 7.56. The maximum Gasteiger partial charge on any atom is 0.263 e. The first-order valence-electron chi connectivity index (χ1n) is 4.51. The first-order valence-corrected chi connectivity index (χ1v) is 4.92. The lowest BCUT2D eigenvalue weighted by Crippen LogP contribution is -2.51. The van der Waals surface area contributed by atoms with Crippen LogP contribution in [0.3, 0.4) is 0 Å². The van der Waals surface area contributed by atoms with Crippen LogP contribution in [0, 0.1) is 6.92 Å². The van der Waals surface area contributed by atoms with E-state index >= 15 is 0 Å². The average Bonchev–Trinajstić information content (AvgIpc) is 2.58. The molecule has 1 fully saturated rings. The van der Waals surface area contributed by atoms with Gasteiger partial charge in [0.15, 0.2) is 5.11 Å². The molecule has 1 aromatic heterocycles. The molecule has 0 atom stereocenters. The lowest BCUT2D eigenvalue weighted by Gasteiger charge is -2.15. The second kappa shape index (κ2) is 3.90. The molecule has 2 heterocycles. The van der Waals surface area contributed by atoms with E-state index in [1.54, 1.807) is 19.1 Å². The Hall–Kier alpha value is -1.95. The molecule has 6 heteroatoms. The van der Waals surface area contributed by atoms with E-state index in [2.05, 4.69) is 22.9 Å². The summed E-state index contributed by atoms with van der Waals surface area (Å²) in [6.45, 7) is 1.78. The number of amides is 2. The molecule has 82 valence electrons. The number of hydrogen-bond donors (Lipinski definition) is 2. The van der Waals surface area contributed by atoms with Gasteiger partial charge in [-0.3, -0.25) is 20.2 Å². The molecule has 5 nitrogen and oxygen atoms in total. The molecule has 0 spiro atoms. The number of aryl methyl sites for hydroxylation is 1. The van der Waals surface area contributed by atoms with Crippen molar-refractivity contribution in [3.63, 3.8) is 0 Å². The third-order valence-corrected chi connectivity index (χ3v) is 2.20. The summed E-state index contributed by atoms with van der Waals surface area (Å²) in [6.07, 6.45) is 1.37. The second-order valence-electron chi connectivity index (χ2n) is 3.24. The van der Waals surface area contributed by atoms with Gasteiger partial charge in [0.2, 0.25) is 0 Å². The van der Waals surface area contributed by atoms with E-state index in [1.165, 1.54) is 6.08 Å². The Kier molecular flexibility index (Phi) is 2.57. The molecule has 0 bridgehead atoms. The fraction of sp³-hybridized carbons (Fsp3) is 0.100. The number of hydrogen-bond acceptors (Lipinski definition) is 4. The predicted molar refractivity (Wildman–Crippen MR) is 60.3 cm³/mol. The Morgan fingerprint density at radius 2 is 1.88 bits per heavy atom. The highest BCUT2D eigenvalue weighted by atomic mass is 32.1. The minimum atomic E-state index is -0.525. The van der Waals surface area contributed by atoms with Gasteiger partial charge in [-0.2, -0.15) is 0 Å². The van der Waals surface area contributed by atoms with Crippen LogP contribution in [-0.4, -0.2) is 16.9 Å². The molecule has 0 saturated carbocycles. The van der Waals surface area contributed by atoms with Gasteiger partial charge in [-0.1, -0.05) is 0 Å². The standard InChI is InChI=1S/C10H8N2O3S/c1-5-2-3-6(15-5)4-7-8(13)11-10(16)12-9(7)14/h2-4H,1H3,(H2,11,12,13,14,16). The van der Waals surface area contributed by atoms with E-state index in [0.29, 0.717) is 11.5 Å². The van der Waals surface area contributed by atoms with Crippen LogP contribution in [0.4, 0.5) is 0 Å². The minimum Gasteiger partial charge on any atom is -0.462 e. The maximum absolute atomic E-state index is 11.5. The largest absolute Gasteiger partial charge is 0.462 e. The third-order valence-electron chi connectivity index (χ3n) is 1.99. The zero-order valence-corrected chi connectivity index (χ0v) is 9.18. The smallest absolute Gasteiger partial charge is 0.263 e. The van der Waals surface area contributed by atoms with E-state index in [1.807, 2.05) is 0 Å². The summed E-state index contributed by atoms with van der Waals surface area (Å²) < 4.78 is 5.24. The van der Waals surface area contributed by atoms with E-state index < -0.39 is 11.8 Å². The zero-order chi connectivity index (χ0) is 11.7. The van der Waals surface area contributed by atoms with E-state index in [0.717, 1.165) is 0 Å². The van der Waals surface area contributed by atoms with E-state index in [-0.39, 0.29) is 10.7 Å². The van der Waals surface area contributed by atoms with Crippen LogP contribution in [0.2, 0.25) is 0 Å². The molecular weight excluding hydrogens is 228 g/mol. The Morgan fingerprint density at radius 3 is 2.38 bits per heavy atom. The van der Waals surface area contributed by atoms with Crippen LogP contribution in [0.25, 0.3) is 6.08 Å². The van der Waals surface area contributed by atoms with Crippen molar-refractivity contribution in [3.8, 4) is 0 Å². The molecule has 0 radical (unpaired) electrons. The molecular formula is C10H8N2O3S. The number of rotatable bonds is 1. The lowest BCUT2D eigenvalue weighted by molar-refractivity contribution is -0.123. The van der Waals surface area contributed by atoms with Gasteiger partial charge in [-0.15, -0.1) is 0 Å². The van der Waals surface area contributed by atoms with Gasteiger partial charge in [0.1, 0.15) is 17.1 Å². The summed E-state index contributed by atoms with van der Waals surface area (Å²) in [5.41, 5.74) is -0.0250. The molecule has 2 amide bonds. The van der Waals surface area contributed by atoms with Crippen LogP contribution in [-0.2, 0) is 9.59 Å². The Labute approximate surface area is 96.5 Å². The monoisotopic (exact) mass is 236 g/mol. The second-order valence-corrected chi connectivity index (χ2v) is 3.65. The molecule has 1 aliphatic rings. The van der Waals surface area contributed by atoms with Crippen molar-refractivity contribution >= 4 is 35.2 Å². The van der Waals surface area contributed by atoms with Gasteiger partial charge >= 0.3 is 0 Å². The molecule has 0 unspecified atom stereocenters. The summed E-state index contributed by atoms with van der Waals surface area (Å²) in [4.78, 5) is 22.9. The summed E-state index contributed by atoms with van der Waals surface area (Å²) >= 11 is 4.67. The van der Waals surface area contributed by atoms with Crippen molar-refractivity contribution in [3.05, 3.63) is 29.2 Å². The third kappa shape index (κ3) is 2.01. The highest BCUT2D eigenvalue weighted by Gasteiger charge is 2.25.